The summed E-state index contributed by atoms with van der Waals surface area (Å²) in [6, 6.07) is 1.79. The Morgan fingerprint density at radius 2 is 1.95 bits per heavy atom. The zero-order chi connectivity index (χ0) is 15.7. The van der Waals surface area contributed by atoms with E-state index in [1.54, 1.807) is 52.5 Å². The quantitative estimate of drug-likeness (QED) is 0.795. The minimum Gasteiger partial charge on any atom is -0.444 e. The van der Waals surface area contributed by atoms with Crippen LogP contribution in [-0.4, -0.2) is 39.7 Å². The summed E-state index contributed by atoms with van der Waals surface area (Å²) in [5.41, 5.74) is -0.318. The largest absolute Gasteiger partial charge is 0.444 e. The van der Waals surface area contributed by atoms with E-state index >= 15 is 0 Å². The van der Waals surface area contributed by atoms with Crippen LogP contribution in [0.1, 0.15) is 39.1 Å². The van der Waals surface area contributed by atoms with Gasteiger partial charge in [-0.15, -0.1) is 0 Å². The molecule has 0 aliphatic carbocycles. The van der Waals surface area contributed by atoms with Crippen molar-refractivity contribution < 1.29 is 14.3 Å². The second kappa shape index (κ2) is 5.26. The lowest BCUT2D eigenvalue weighted by Gasteiger charge is -2.35. The Morgan fingerprint density at radius 3 is 2.30 bits per heavy atom. The van der Waals surface area contributed by atoms with Gasteiger partial charge in [0.05, 0.1) is 11.4 Å². The van der Waals surface area contributed by atoms with Gasteiger partial charge in [0, 0.05) is 14.1 Å². The molecule has 1 rings (SSSR count). The molecule has 1 aromatic heterocycles. The molecule has 1 heterocycles. The standard InChI is InChI=1S/C14H23N3O3/c1-10-8-11(17(7)15-10)14(5,9-18)16(6)12(19)20-13(2,3)4/h8-9H,1-7H3. The van der Waals surface area contributed by atoms with E-state index in [1.165, 1.54) is 4.90 Å². The predicted molar refractivity (Wildman–Crippen MR) is 75.4 cm³/mol. The Balaban J connectivity index is 3.14. The van der Waals surface area contributed by atoms with Crippen molar-refractivity contribution in [1.82, 2.24) is 14.7 Å². The van der Waals surface area contributed by atoms with Crippen molar-refractivity contribution in [3.05, 3.63) is 17.5 Å². The molecule has 0 aromatic carbocycles. The van der Waals surface area contributed by atoms with Gasteiger partial charge in [0.2, 0.25) is 0 Å². The monoisotopic (exact) mass is 281 g/mol. The van der Waals surface area contributed by atoms with Gasteiger partial charge in [0.15, 0.2) is 6.29 Å². The highest BCUT2D eigenvalue weighted by Gasteiger charge is 2.39. The van der Waals surface area contributed by atoms with Crippen LogP contribution < -0.4 is 0 Å². The Labute approximate surface area is 119 Å². The molecular formula is C14H23N3O3. The molecule has 112 valence electrons. The first-order valence-electron chi connectivity index (χ1n) is 6.45. The maximum absolute atomic E-state index is 12.2. The van der Waals surface area contributed by atoms with Crippen LogP contribution >= 0.6 is 0 Å². The maximum Gasteiger partial charge on any atom is 0.411 e. The highest BCUT2D eigenvalue weighted by molar-refractivity contribution is 5.77. The SMILES string of the molecule is Cc1cc(C(C)(C=O)N(C)C(=O)OC(C)(C)C)n(C)n1. The molecule has 1 unspecified atom stereocenters. The maximum atomic E-state index is 12.2. The van der Waals surface area contributed by atoms with Gasteiger partial charge >= 0.3 is 6.09 Å². The third kappa shape index (κ3) is 3.18. The van der Waals surface area contributed by atoms with Gasteiger partial charge in [-0.25, -0.2) is 4.79 Å². The predicted octanol–water partition coefficient (Wildman–Crippen LogP) is 2.01. The molecule has 0 N–H and O–H groups in total. The smallest absolute Gasteiger partial charge is 0.411 e. The molecule has 20 heavy (non-hydrogen) atoms. The van der Waals surface area contributed by atoms with Gasteiger partial charge in [-0.05, 0) is 40.7 Å². The molecule has 0 saturated heterocycles. The molecule has 0 aliphatic rings. The Morgan fingerprint density at radius 1 is 1.40 bits per heavy atom. The summed E-state index contributed by atoms with van der Waals surface area (Å²) in [4.78, 5) is 25.1. The topological polar surface area (TPSA) is 64.4 Å². The summed E-state index contributed by atoms with van der Waals surface area (Å²) >= 11 is 0. The molecule has 1 atom stereocenters. The van der Waals surface area contributed by atoms with Gasteiger partial charge in [0.25, 0.3) is 0 Å². The number of aromatic nitrogens is 2. The van der Waals surface area contributed by atoms with Gasteiger partial charge in [-0.1, -0.05) is 0 Å². The molecule has 0 spiro atoms. The van der Waals surface area contributed by atoms with Crippen LogP contribution in [0, 0.1) is 6.92 Å². The fourth-order valence-electron chi connectivity index (χ4n) is 1.92. The second-order valence-electron chi connectivity index (χ2n) is 6.10. The molecule has 6 nitrogen and oxygen atoms in total. The molecule has 6 heteroatoms. The van der Waals surface area contributed by atoms with Crippen molar-refractivity contribution in [1.29, 1.82) is 0 Å². The van der Waals surface area contributed by atoms with E-state index in [4.69, 9.17) is 4.74 Å². The summed E-state index contributed by atoms with van der Waals surface area (Å²) in [5.74, 6) is 0. The lowest BCUT2D eigenvalue weighted by Crippen LogP contribution is -2.49. The number of carbonyl (C=O) groups is 2. The molecule has 0 aliphatic heterocycles. The minimum atomic E-state index is -1.13. The number of ether oxygens (including phenoxy) is 1. The summed E-state index contributed by atoms with van der Waals surface area (Å²) < 4.78 is 6.92. The number of nitrogens with zero attached hydrogens (tertiary/aromatic N) is 3. The molecule has 0 saturated carbocycles. The number of aryl methyl sites for hydroxylation is 2. The highest BCUT2D eigenvalue weighted by atomic mass is 16.6. The van der Waals surface area contributed by atoms with Crippen LogP contribution in [0.3, 0.4) is 0 Å². The lowest BCUT2D eigenvalue weighted by atomic mass is 9.97. The number of hydrogen-bond acceptors (Lipinski definition) is 4. The second-order valence-corrected chi connectivity index (χ2v) is 6.10. The molecule has 0 radical (unpaired) electrons. The fraction of sp³-hybridized carbons (Fsp3) is 0.643. The third-order valence-corrected chi connectivity index (χ3v) is 3.11. The number of amides is 1. The van der Waals surface area contributed by atoms with Crippen molar-refractivity contribution in [3.8, 4) is 0 Å². The zero-order valence-electron chi connectivity index (χ0n) is 13.2. The fourth-order valence-corrected chi connectivity index (χ4v) is 1.92. The van der Waals surface area contributed by atoms with Crippen molar-refractivity contribution in [2.45, 2.75) is 45.8 Å². The average Bonchev–Trinajstić information content (AvgIpc) is 2.64. The Kier molecular flexibility index (Phi) is 4.27. The number of likely N-dealkylation sites (N-methyl/N-ethyl adjacent to an activating group) is 1. The Bertz CT molecular complexity index is 516. The first-order chi connectivity index (χ1) is 9.01. The Hall–Kier alpha value is -1.85. The van der Waals surface area contributed by atoms with Gasteiger partial charge in [0.1, 0.15) is 11.1 Å². The van der Waals surface area contributed by atoms with E-state index in [2.05, 4.69) is 5.10 Å². The molecule has 0 bridgehead atoms. The molecule has 1 amide bonds. The number of hydrogen-bond donors (Lipinski definition) is 0. The average molecular weight is 281 g/mol. The van der Waals surface area contributed by atoms with Crippen LogP contribution in [0.5, 0.6) is 0 Å². The normalized spacial score (nSPS) is 14.6. The first-order valence-corrected chi connectivity index (χ1v) is 6.45. The van der Waals surface area contributed by atoms with Gasteiger partial charge < -0.3 is 9.53 Å². The van der Waals surface area contributed by atoms with E-state index in [1.807, 2.05) is 6.92 Å². The third-order valence-electron chi connectivity index (χ3n) is 3.11. The summed E-state index contributed by atoms with van der Waals surface area (Å²) in [6.45, 7) is 8.85. The minimum absolute atomic E-state index is 0.550. The number of rotatable bonds is 3. The first kappa shape index (κ1) is 16.2. The number of carbonyl (C=O) groups excluding carboxylic acids is 2. The van der Waals surface area contributed by atoms with Crippen molar-refractivity contribution >= 4 is 12.4 Å². The molecule has 0 fully saturated rings. The van der Waals surface area contributed by atoms with E-state index in [0.29, 0.717) is 5.69 Å². The van der Waals surface area contributed by atoms with Crippen LogP contribution in [-0.2, 0) is 22.1 Å². The van der Waals surface area contributed by atoms with E-state index < -0.39 is 17.2 Å². The number of aldehydes is 1. The highest BCUT2D eigenvalue weighted by Crippen LogP contribution is 2.27. The van der Waals surface area contributed by atoms with Crippen LogP contribution in [0.4, 0.5) is 4.79 Å². The zero-order valence-corrected chi connectivity index (χ0v) is 13.2. The summed E-state index contributed by atoms with van der Waals surface area (Å²) in [5, 5.41) is 4.22. The van der Waals surface area contributed by atoms with Crippen LogP contribution in [0.2, 0.25) is 0 Å². The summed E-state index contributed by atoms with van der Waals surface area (Å²) in [6.07, 6.45) is 0.179. The van der Waals surface area contributed by atoms with Crippen molar-refractivity contribution in [2.24, 2.45) is 7.05 Å². The lowest BCUT2D eigenvalue weighted by molar-refractivity contribution is -0.117. The van der Waals surface area contributed by atoms with Gasteiger partial charge in [-0.3, -0.25) is 9.58 Å². The van der Waals surface area contributed by atoms with Crippen molar-refractivity contribution in [2.75, 3.05) is 7.05 Å². The van der Waals surface area contributed by atoms with E-state index in [9.17, 15) is 9.59 Å². The van der Waals surface area contributed by atoms with Crippen LogP contribution in [0.25, 0.3) is 0 Å². The van der Waals surface area contributed by atoms with Gasteiger partial charge in [-0.2, -0.15) is 5.10 Å². The summed E-state index contributed by atoms with van der Waals surface area (Å²) in [7, 11) is 3.29. The van der Waals surface area contributed by atoms with E-state index in [-0.39, 0.29) is 0 Å². The van der Waals surface area contributed by atoms with Crippen LogP contribution in [0.15, 0.2) is 6.07 Å². The van der Waals surface area contributed by atoms with E-state index in [0.717, 1.165) is 12.0 Å². The molecule has 1 aromatic rings. The molecular weight excluding hydrogens is 258 g/mol. The van der Waals surface area contributed by atoms with Crippen molar-refractivity contribution in [3.63, 3.8) is 0 Å².